The van der Waals surface area contributed by atoms with Crippen LogP contribution in [0, 0.1) is 6.92 Å². The zero-order chi connectivity index (χ0) is 18.2. The molecule has 26 heavy (non-hydrogen) atoms. The summed E-state index contributed by atoms with van der Waals surface area (Å²) in [5.74, 6) is 0.771. The molecule has 0 amide bonds. The highest BCUT2D eigenvalue weighted by molar-refractivity contribution is 5.22. The van der Waals surface area contributed by atoms with Gasteiger partial charge in [-0.3, -0.25) is 4.90 Å². The Hall–Kier alpha value is -1.66. The summed E-state index contributed by atoms with van der Waals surface area (Å²) >= 11 is 0. The number of hydrogen-bond acceptors (Lipinski definition) is 5. The van der Waals surface area contributed by atoms with Gasteiger partial charge < -0.3 is 19.0 Å². The number of nitrogens with zero attached hydrogens (tertiary/aromatic N) is 1. The van der Waals surface area contributed by atoms with Crippen LogP contribution in [0.1, 0.15) is 29.7 Å². The summed E-state index contributed by atoms with van der Waals surface area (Å²) in [6.45, 7) is 5.82. The van der Waals surface area contributed by atoms with Crippen LogP contribution < -0.4 is 0 Å². The SMILES string of the molecule is Cc1cccc(CN(C[C@H](O)COCc2ccco2)C[C@@H]2CCCO2)c1. The average Bonchev–Trinajstić information content (AvgIpc) is 3.28. The van der Waals surface area contributed by atoms with Crippen molar-refractivity contribution in [3.05, 3.63) is 59.5 Å². The molecule has 2 aromatic rings. The van der Waals surface area contributed by atoms with E-state index >= 15 is 0 Å². The summed E-state index contributed by atoms with van der Waals surface area (Å²) in [6, 6.07) is 12.2. The second-order valence-electron chi connectivity index (χ2n) is 7.07. The van der Waals surface area contributed by atoms with E-state index < -0.39 is 6.10 Å². The van der Waals surface area contributed by atoms with Crippen LogP contribution in [0.25, 0.3) is 0 Å². The van der Waals surface area contributed by atoms with Crippen LogP contribution in [0.2, 0.25) is 0 Å². The Morgan fingerprint density at radius 3 is 2.96 bits per heavy atom. The van der Waals surface area contributed by atoms with Crippen LogP contribution in [0.4, 0.5) is 0 Å². The van der Waals surface area contributed by atoms with E-state index in [0.29, 0.717) is 13.2 Å². The van der Waals surface area contributed by atoms with Gasteiger partial charge in [0, 0.05) is 26.2 Å². The minimum absolute atomic E-state index is 0.260. The molecule has 2 heterocycles. The van der Waals surface area contributed by atoms with Crippen LogP contribution in [-0.2, 0) is 22.6 Å². The molecule has 0 saturated carbocycles. The van der Waals surface area contributed by atoms with Crippen molar-refractivity contribution in [3.63, 3.8) is 0 Å². The van der Waals surface area contributed by atoms with E-state index in [4.69, 9.17) is 13.9 Å². The Balaban J connectivity index is 1.51. The molecular formula is C21H29NO4. The van der Waals surface area contributed by atoms with Gasteiger partial charge in [-0.05, 0) is 37.5 Å². The summed E-state index contributed by atoms with van der Waals surface area (Å²) in [5.41, 5.74) is 2.51. The van der Waals surface area contributed by atoms with Gasteiger partial charge in [-0.25, -0.2) is 0 Å². The maximum Gasteiger partial charge on any atom is 0.129 e. The maximum absolute atomic E-state index is 10.4. The molecule has 2 atom stereocenters. The first-order valence-corrected chi connectivity index (χ1v) is 9.37. The van der Waals surface area contributed by atoms with Gasteiger partial charge >= 0.3 is 0 Å². The molecule has 1 aromatic carbocycles. The fourth-order valence-electron chi connectivity index (χ4n) is 3.39. The molecule has 1 saturated heterocycles. The number of aliphatic hydroxyl groups is 1. The Morgan fingerprint density at radius 2 is 2.23 bits per heavy atom. The molecule has 1 aliphatic heterocycles. The first-order chi connectivity index (χ1) is 12.7. The highest BCUT2D eigenvalue weighted by Crippen LogP contribution is 2.16. The fraction of sp³-hybridized carbons (Fsp3) is 0.524. The predicted octanol–water partition coefficient (Wildman–Crippen LogP) is 3.15. The van der Waals surface area contributed by atoms with Crippen LogP contribution >= 0.6 is 0 Å². The summed E-state index contributed by atoms with van der Waals surface area (Å²) in [7, 11) is 0. The Morgan fingerprint density at radius 1 is 1.31 bits per heavy atom. The molecule has 0 aliphatic carbocycles. The monoisotopic (exact) mass is 359 g/mol. The van der Waals surface area contributed by atoms with Crippen molar-refractivity contribution in [1.82, 2.24) is 4.90 Å². The summed E-state index contributed by atoms with van der Waals surface area (Å²) in [6.07, 6.45) is 3.56. The topological polar surface area (TPSA) is 55.1 Å². The molecule has 1 aliphatic rings. The molecule has 3 rings (SSSR count). The minimum Gasteiger partial charge on any atom is -0.467 e. The molecule has 0 bridgehead atoms. The van der Waals surface area contributed by atoms with Crippen LogP contribution in [0.3, 0.4) is 0 Å². The number of furan rings is 1. The first kappa shape index (κ1) is 19.1. The Bertz CT molecular complexity index is 637. The van der Waals surface area contributed by atoms with E-state index in [-0.39, 0.29) is 12.7 Å². The van der Waals surface area contributed by atoms with E-state index in [1.807, 2.05) is 12.1 Å². The van der Waals surface area contributed by atoms with Gasteiger partial charge in [0.05, 0.1) is 25.1 Å². The van der Waals surface area contributed by atoms with E-state index in [0.717, 1.165) is 38.3 Å². The lowest BCUT2D eigenvalue weighted by Gasteiger charge is -2.27. The van der Waals surface area contributed by atoms with Crippen molar-refractivity contribution < 1.29 is 19.0 Å². The van der Waals surface area contributed by atoms with Crippen LogP contribution in [0.5, 0.6) is 0 Å². The third kappa shape index (κ3) is 6.25. The van der Waals surface area contributed by atoms with Crippen molar-refractivity contribution >= 4 is 0 Å². The number of ether oxygens (including phenoxy) is 2. The van der Waals surface area contributed by atoms with Gasteiger partial charge in [-0.15, -0.1) is 0 Å². The molecule has 0 radical (unpaired) electrons. The fourth-order valence-corrected chi connectivity index (χ4v) is 3.39. The Labute approximate surface area is 155 Å². The standard InChI is InChI=1S/C21H29NO4/c1-17-5-2-6-18(11-17)12-22(14-20-7-3-9-25-20)13-19(23)15-24-16-21-8-4-10-26-21/h2,4-6,8,10-11,19-20,23H,3,7,9,12-16H2,1H3/t19-,20-/m0/s1. The van der Waals surface area contributed by atoms with Crippen molar-refractivity contribution in [1.29, 1.82) is 0 Å². The molecule has 142 valence electrons. The highest BCUT2D eigenvalue weighted by Gasteiger charge is 2.21. The minimum atomic E-state index is -0.545. The van der Waals surface area contributed by atoms with E-state index in [2.05, 4.69) is 36.1 Å². The largest absolute Gasteiger partial charge is 0.467 e. The van der Waals surface area contributed by atoms with Gasteiger partial charge in [0.1, 0.15) is 12.4 Å². The molecule has 0 spiro atoms. The van der Waals surface area contributed by atoms with Crippen LogP contribution in [0.15, 0.2) is 47.1 Å². The van der Waals surface area contributed by atoms with Crippen molar-refractivity contribution in [3.8, 4) is 0 Å². The maximum atomic E-state index is 10.4. The molecule has 5 heteroatoms. The van der Waals surface area contributed by atoms with Gasteiger partial charge in [0.15, 0.2) is 0 Å². The quantitative estimate of drug-likeness (QED) is 0.706. The number of benzene rings is 1. The van der Waals surface area contributed by atoms with Gasteiger partial charge in [-0.1, -0.05) is 29.8 Å². The van der Waals surface area contributed by atoms with Gasteiger partial charge in [0.2, 0.25) is 0 Å². The van der Waals surface area contributed by atoms with E-state index in [1.165, 1.54) is 11.1 Å². The van der Waals surface area contributed by atoms with Crippen LogP contribution in [-0.4, -0.2) is 48.5 Å². The third-order valence-electron chi connectivity index (χ3n) is 4.58. The normalized spacial score (nSPS) is 18.5. The van der Waals surface area contributed by atoms with Crippen molar-refractivity contribution in [2.45, 2.75) is 45.1 Å². The second kappa shape index (κ2) is 9.88. The first-order valence-electron chi connectivity index (χ1n) is 9.37. The molecule has 1 N–H and O–H groups in total. The smallest absolute Gasteiger partial charge is 0.129 e. The predicted molar refractivity (Wildman–Crippen MR) is 99.8 cm³/mol. The summed E-state index contributed by atoms with van der Waals surface area (Å²) < 4.78 is 16.6. The molecule has 1 fully saturated rings. The highest BCUT2D eigenvalue weighted by atomic mass is 16.5. The molecule has 1 aromatic heterocycles. The van der Waals surface area contributed by atoms with E-state index in [9.17, 15) is 5.11 Å². The lowest BCUT2D eigenvalue weighted by atomic mass is 10.1. The zero-order valence-corrected chi connectivity index (χ0v) is 15.5. The summed E-state index contributed by atoms with van der Waals surface area (Å²) in [4.78, 5) is 2.27. The average molecular weight is 359 g/mol. The lowest BCUT2D eigenvalue weighted by Crippen LogP contribution is -2.39. The number of rotatable bonds is 10. The van der Waals surface area contributed by atoms with Gasteiger partial charge in [0.25, 0.3) is 0 Å². The molecule has 5 nitrogen and oxygen atoms in total. The zero-order valence-electron chi connectivity index (χ0n) is 15.5. The van der Waals surface area contributed by atoms with Crippen molar-refractivity contribution in [2.24, 2.45) is 0 Å². The lowest BCUT2D eigenvalue weighted by molar-refractivity contribution is -0.00635. The molecular weight excluding hydrogens is 330 g/mol. The third-order valence-corrected chi connectivity index (χ3v) is 4.58. The van der Waals surface area contributed by atoms with E-state index in [1.54, 1.807) is 6.26 Å². The second-order valence-corrected chi connectivity index (χ2v) is 7.07. The summed E-state index contributed by atoms with van der Waals surface area (Å²) in [5, 5.41) is 10.4. The van der Waals surface area contributed by atoms with Crippen molar-refractivity contribution in [2.75, 3.05) is 26.3 Å². The van der Waals surface area contributed by atoms with Gasteiger partial charge in [-0.2, -0.15) is 0 Å². The number of aliphatic hydroxyl groups excluding tert-OH is 1. The number of hydrogen-bond donors (Lipinski definition) is 1. The molecule has 0 unspecified atom stereocenters. The number of aryl methyl sites for hydroxylation is 1. The Kier molecular flexibility index (Phi) is 7.26.